The summed E-state index contributed by atoms with van der Waals surface area (Å²) in [5, 5.41) is 6.77. The van der Waals surface area contributed by atoms with Crippen molar-refractivity contribution in [3.05, 3.63) is 70.9 Å². The second kappa shape index (κ2) is 9.25. The first-order valence-electron chi connectivity index (χ1n) is 9.11. The van der Waals surface area contributed by atoms with E-state index in [1.54, 1.807) is 24.3 Å². The fourth-order valence-electron chi connectivity index (χ4n) is 2.95. The van der Waals surface area contributed by atoms with Gasteiger partial charge in [-0.3, -0.25) is 14.4 Å². The molecule has 1 unspecified atom stereocenters. The Bertz CT molecular complexity index is 1030. The molecule has 0 aliphatic carbocycles. The summed E-state index contributed by atoms with van der Waals surface area (Å²) in [4.78, 5) is 39.3. The smallest absolute Gasteiger partial charge is 0.268 e. The zero-order chi connectivity index (χ0) is 20.8. The molecule has 1 aromatic heterocycles. The number of primary amides is 1. The van der Waals surface area contributed by atoms with Crippen molar-refractivity contribution in [1.29, 1.82) is 0 Å². The van der Waals surface area contributed by atoms with Gasteiger partial charge in [0.2, 0.25) is 11.8 Å². The van der Waals surface area contributed by atoms with Gasteiger partial charge >= 0.3 is 0 Å². The van der Waals surface area contributed by atoms with Crippen molar-refractivity contribution in [2.24, 2.45) is 5.73 Å². The maximum absolute atomic E-state index is 12.8. The fraction of sp³-hybridized carbons (Fsp3) is 0.190. The summed E-state index contributed by atoms with van der Waals surface area (Å²) in [6, 6.07) is 15.5. The molecule has 7 nitrogen and oxygen atoms in total. The number of hydrogen-bond acceptors (Lipinski definition) is 3. The zero-order valence-electron chi connectivity index (χ0n) is 15.6. The van der Waals surface area contributed by atoms with Crippen LogP contribution >= 0.6 is 11.6 Å². The predicted octanol–water partition coefficient (Wildman–Crippen LogP) is 2.15. The number of aromatic nitrogens is 1. The van der Waals surface area contributed by atoms with Gasteiger partial charge in [0.15, 0.2) is 0 Å². The highest BCUT2D eigenvalue weighted by Gasteiger charge is 2.22. The molecule has 0 aliphatic rings. The molecule has 1 heterocycles. The molecule has 0 saturated carbocycles. The van der Waals surface area contributed by atoms with Crippen molar-refractivity contribution in [3.63, 3.8) is 0 Å². The minimum Gasteiger partial charge on any atom is -0.370 e. The Morgan fingerprint density at radius 2 is 1.83 bits per heavy atom. The molecule has 0 fully saturated rings. The molecule has 0 aliphatic heterocycles. The van der Waals surface area contributed by atoms with E-state index in [9.17, 15) is 14.4 Å². The Labute approximate surface area is 172 Å². The summed E-state index contributed by atoms with van der Waals surface area (Å²) in [6.45, 7) is 0.111. The number of amides is 3. The van der Waals surface area contributed by atoms with Gasteiger partial charge in [0, 0.05) is 35.3 Å². The van der Waals surface area contributed by atoms with E-state index >= 15 is 0 Å². The molecule has 3 rings (SSSR count). The molecule has 0 spiro atoms. The van der Waals surface area contributed by atoms with E-state index in [4.69, 9.17) is 17.3 Å². The molecule has 8 heteroatoms. The molecular weight excluding hydrogens is 392 g/mol. The highest BCUT2D eigenvalue weighted by molar-refractivity contribution is 6.31. The first-order chi connectivity index (χ1) is 13.9. The molecule has 1 atom stereocenters. The average Bonchev–Trinajstić information content (AvgIpc) is 3.11. The third kappa shape index (κ3) is 5.58. The van der Waals surface area contributed by atoms with Gasteiger partial charge in [0.05, 0.1) is 0 Å². The summed E-state index contributed by atoms with van der Waals surface area (Å²) < 4.78 is 0. The van der Waals surface area contributed by atoms with Gasteiger partial charge in [0.1, 0.15) is 11.7 Å². The molecule has 3 aromatic rings. The van der Waals surface area contributed by atoms with E-state index in [2.05, 4.69) is 15.6 Å². The van der Waals surface area contributed by atoms with Gasteiger partial charge in [-0.15, -0.1) is 0 Å². The number of rotatable bonds is 8. The molecule has 2 aromatic carbocycles. The van der Waals surface area contributed by atoms with Crippen LogP contribution in [-0.4, -0.2) is 35.3 Å². The van der Waals surface area contributed by atoms with Gasteiger partial charge in [-0.05, 0) is 29.8 Å². The highest BCUT2D eigenvalue weighted by Crippen LogP contribution is 2.20. The molecule has 0 saturated heterocycles. The van der Waals surface area contributed by atoms with Crippen LogP contribution in [0.3, 0.4) is 0 Å². The number of aromatic amines is 1. The number of nitrogens with one attached hydrogen (secondary N) is 3. The highest BCUT2D eigenvalue weighted by atomic mass is 35.5. The first-order valence-corrected chi connectivity index (χ1v) is 9.49. The van der Waals surface area contributed by atoms with Crippen molar-refractivity contribution in [3.8, 4) is 0 Å². The van der Waals surface area contributed by atoms with Crippen LogP contribution in [0.15, 0.2) is 54.6 Å². The third-order valence-electron chi connectivity index (χ3n) is 4.40. The van der Waals surface area contributed by atoms with Crippen molar-refractivity contribution in [2.75, 3.05) is 6.54 Å². The zero-order valence-corrected chi connectivity index (χ0v) is 16.3. The van der Waals surface area contributed by atoms with Crippen molar-refractivity contribution in [2.45, 2.75) is 18.9 Å². The summed E-state index contributed by atoms with van der Waals surface area (Å²) in [5.41, 5.74) is 7.10. The largest absolute Gasteiger partial charge is 0.370 e. The topological polar surface area (TPSA) is 117 Å². The maximum Gasteiger partial charge on any atom is 0.268 e. The Kier molecular flexibility index (Phi) is 6.51. The molecule has 5 N–H and O–H groups in total. The van der Waals surface area contributed by atoms with Crippen LogP contribution in [0.2, 0.25) is 5.02 Å². The average molecular weight is 413 g/mol. The number of carbonyl (C=O) groups is 3. The minimum atomic E-state index is -0.812. The number of halogens is 1. The number of fused-ring (bicyclic) bond motifs is 1. The van der Waals surface area contributed by atoms with Crippen LogP contribution in [0.5, 0.6) is 0 Å². The van der Waals surface area contributed by atoms with E-state index in [1.807, 2.05) is 30.3 Å². The monoisotopic (exact) mass is 412 g/mol. The number of nitrogens with two attached hydrogens (primary N) is 1. The predicted molar refractivity (Wildman–Crippen MR) is 112 cm³/mol. The lowest BCUT2D eigenvalue weighted by Crippen LogP contribution is -2.48. The quantitative estimate of drug-likeness (QED) is 0.454. The summed E-state index contributed by atoms with van der Waals surface area (Å²) >= 11 is 5.99. The van der Waals surface area contributed by atoms with Gasteiger partial charge in [-0.2, -0.15) is 0 Å². The fourth-order valence-corrected chi connectivity index (χ4v) is 3.13. The first kappa shape index (κ1) is 20.4. The van der Waals surface area contributed by atoms with Crippen LogP contribution in [0.1, 0.15) is 22.5 Å². The van der Waals surface area contributed by atoms with Crippen molar-refractivity contribution < 1.29 is 14.4 Å². The number of benzene rings is 2. The van der Waals surface area contributed by atoms with Gasteiger partial charge in [-0.1, -0.05) is 41.9 Å². The Morgan fingerprint density at radius 3 is 2.55 bits per heavy atom. The van der Waals surface area contributed by atoms with E-state index in [-0.39, 0.29) is 18.9 Å². The molecule has 29 heavy (non-hydrogen) atoms. The Morgan fingerprint density at radius 1 is 1.07 bits per heavy atom. The summed E-state index contributed by atoms with van der Waals surface area (Å²) in [7, 11) is 0. The second-order valence-corrected chi connectivity index (χ2v) is 7.07. The van der Waals surface area contributed by atoms with Gasteiger partial charge in [0.25, 0.3) is 5.91 Å². The lowest BCUT2D eigenvalue weighted by atomic mass is 10.0. The van der Waals surface area contributed by atoms with Crippen LogP contribution in [0.25, 0.3) is 10.9 Å². The van der Waals surface area contributed by atoms with Gasteiger partial charge < -0.3 is 21.4 Å². The molecule has 3 amide bonds. The minimum absolute atomic E-state index is 0.0283. The molecule has 0 radical (unpaired) electrons. The number of carbonyl (C=O) groups excluding carboxylic acids is 3. The van der Waals surface area contributed by atoms with Crippen molar-refractivity contribution in [1.82, 2.24) is 15.6 Å². The van der Waals surface area contributed by atoms with E-state index in [0.717, 1.165) is 16.5 Å². The molecule has 0 bridgehead atoms. The van der Waals surface area contributed by atoms with Crippen LogP contribution in [0, 0.1) is 0 Å². The summed E-state index contributed by atoms with van der Waals surface area (Å²) in [6.07, 6.45) is 0.335. The van der Waals surface area contributed by atoms with E-state index in [0.29, 0.717) is 17.1 Å². The lowest BCUT2D eigenvalue weighted by molar-refractivity contribution is -0.123. The Balaban J connectivity index is 1.75. The van der Waals surface area contributed by atoms with E-state index in [1.165, 1.54) is 0 Å². The molecule has 150 valence electrons. The third-order valence-corrected chi connectivity index (χ3v) is 4.64. The SMILES string of the molecule is NC(=O)CCNC(=O)C(Cc1ccccc1)NC(=O)c1cc2cc(Cl)ccc2[nH]1. The van der Waals surface area contributed by atoms with Crippen molar-refractivity contribution >= 4 is 40.2 Å². The molecular formula is C21H21ClN4O3. The number of H-pyrrole nitrogens is 1. The van der Waals surface area contributed by atoms with Gasteiger partial charge in [-0.25, -0.2) is 0 Å². The Hall–Kier alpha value is -3.32. The van der Waals surface area contributed by atoms with Crippen LogP contribution < -0.4 is 16.4 Å². The second-order valence-electron chi connectivity index (χ2n) is 6.64. The van der Waals surface area contributed by atoms with E-state index < -0.39 is 17.9 Å². The normalized spacial score (nSPS) is 11.8. The lowest BCUT2D eigenvalue weighted by Gasteiger charge is -2.18. The number of hydrogen-bond donors (Lipinski definition) is 4. The van der Waals surface area contributed by atoms with Crippen LogP contribution in [0.4, 0.5) is 0 Å². The standard InChI is InChI=1S/C21H21ClN4O3/c22-15-6-7-16-14(11-15)12-18(25-16)21(29)26-17(10-13-4-2-1-3-5-13)20(28)24-9-8-19(23)27/h1-7,11-12,17,25H,8-10H2,(H2,23,27)(H,24,28)(H,26,29). The van der Waals surface area contributed by atoms with Crippen LogP contribution in [-0.2, 0) is 16.0 Å². The summed E-state index contributed by atoms with van der Waals surface area (Å²) in [5.74, 6) is -1.31. The maximum atomic E-state index is 12.8.